The number of amides is 1. The number of phenols is 1. The molecule has 0 bridgehead atoms. The molecule has 3 rings (SSSR count). The van der Waals surface area contributed by atoms with Gasteiger partial charge in [0.05, 0.1) is 17.7 Å². The summed E-state index contributed by atoms with van der Waals surface area (Å²) in [5, 5.41) is 13.0. The van der Waals surface area contributed by atoms with Crippen molar-refractivity contribution in [3.8, 4) is 11.5 Å². The van der Waals surface area contributed by atoms with Crippen LogP contribution >= 0.6 is 11.8 Å². The van der Waals surface area contributed by atoms with E-state index in [0.29, 0.717) is 15.8 Å². The highest BCUT2D eigenvalue weighted by molar-refractivity contribution is 8.18. The van der Waals surface area contributed by atoms with Crippen molar-refractivity contribution in [2.75, 3.05) is 7.11 Å². The lowest BCUT2D eigenvalue weighted by Gasteiger charge is -2.03. The number of benzene rings is 2. The Bertz CT molecular complexity index is 857. The van der Waals surface area contributed by atoms with E-state index in [1.165, 1.54) is 30.5 Å². The second kappa shape index (κ2) is 7.44. The van der Waals surface area contributed by atoms with Crippen LogP contribution in [0.3, 0.4) is 0 Å². The van der Waals surface area contributed by atoms with Crippen LogP contribution in [0.2, 0.25) is 0 Å². The third-order valence-corrected chi connectivity index (χ3v) is 4.64. The summed E-state index contributed by atoms with van der Waals surface area (Å²) >= 11 is 1.28. The largest absolute Gasteiger partial charge is 0.504 e. The van der Waals surface area contributed by atoms with Crippen LogP contribution in [0.5, 0.6) is 11.5 Å². The number of aromatic hydroxyl groups is 1. The van der Waals surface area contributed by atoms with E-state index in [1.807, 2.05) is 24.3 Å². The van der Waals surface area contributed by atoms with E-state index in [9.17, 15) is 9.90 Å². The minimum Gasteiger partial charge on any atom is -0.504 e. The molecule has 5 nitrogen and oxygen atoms in total. The van der Waals surface area contributed by atoms with Gasteiger partial charge in [-0.25, -0.2) is 4.99 Å². The fourth-order valence-electron chi connectivity index (χ4n) is 2.34. The van der Waals surface area contributed by atoms with Gasteiger partial charge < -0.3 is 15.2 Å². The maximum absolute atomic E-state index is 12.1. The summed E-state index contributed by atoms with van der Waals surface area (Å²) in [6.45, 7) is 2.10. The zero-order chi connectivity index (χ0) is 17.8. The number of hydrogen-bond acceptors (Lipinski definition) is 5. The first kappa shape index (κ1) is 17.1. The van der Waals surface area contributed by atoms with Crippen molar-refractivity contribution in [1.82, 2.24) is 5.32 Å². The minimum absolute atomic E-state index is 0.0611. The molecule has 1 aliphatic rings. The number of carbonyl (C=O) groups excluding carboxylic acids is 1. The van der Waals surface area contributed by atoms with Crippen molar-refractivity contribution >= 4 is 34.6 Å². The maximum atomic E-state index is 12.1. The van der Waals surface area contributed by atoms with E-state index in [4.69, 9.17) is 4.74 Å². The first-order chi connectivity index (χ1) is 12.1. The van der Waals surface area contributed by atoms with Crippen molar-refractivity contribution in [3.05, 3.63) is 58.5 Å². The second-order valence-corrected chi connectivity index (χ2v) is 6.46. The Morgan fingerprint density at radius 1 is 1.24 bits per heavy atom. The molecule has 0 spiro atoms. The van der Waals surface area contributed by atoms with E-state index >= 15 is 0 Å². The third kappa shape index (κ3) is 4.03. The van der Waals surface area contributed by atoms with Gasteiger partial charge in [-0.3, -0.25) is 4.79 Å². The number of phenolic OH excluding ortho intramolecular Hbond substituents is 1. The molecule has 0 unspecified atom stereocenters. The van der Waals surface area contributed by atoms with Gasteiger partial charge in [0.15, 0.2) is 16.7 Å². The summed E-state index contributed by atoms with van der Waals surface area (Å²) in [7, 11) is 1.48. The van der Waals surface area contributed by atoms with Gasteiger partial charge >= 0.3 is 0 Å². The molecule has 2 aromatic carbocycles. The van der Waals surface area contributed by atoms with Gasteiger partial charge in [-0.05, 0) is 59.7 Å². The van der Waals surface area contributed by atoms with Gasteiger partial charge in [0, 0.05) is 0 Å². The summed E-state index contributed by atoms with van der Waals surface area (Å²) in [4.78, 5) is 17.1. The molecule has 0 saturated carbocycles. The Kier molecular flexibility index (Phi) is 5.09. The van der Waals surface area contributed by atoms with E-state index in [2.05, 4.69) is 17.2 Å². The van der Waals surface area contributed by atoms with Crippen LogP contribution < -0.4 is 10.1 Å². The normalized spacial score (nSPS) is 17.1. The maximum Gasteiger partial charge on any atom is 0.264 e. The van der Waals surface area contributed by atoms with Crippen LogP contribution in [0.15, 0.2) is 52.4 Å². The van der Waals surface area contributed by atoms with Gasteiger partial charge in [-0.1, -0.05) is 25.1 Å². The predicted octanol–water partition coefficient (Wildman–Crippen LogP) is 3.85. The summed E-state index contributed by atoms with van der Waals surface area (Å²) < 4.78 is 5.09. The highest BCUT2D eigenvalue weighted by Gasteiger charge is 2.23. The number of aryl methyl sites for hydroxylation is 1. The topological polar surface area (TPSA) is 70.9 Å². The zero-order valence-electron chi connectivity index (χ0n) is 13.9. The van der Waals surface area contributed by atoms with E-state index in [1.54, 1.807) is 18.2 Å². The lowest BCUT2D eigenvalue weighted by molar-refractivity contribution is -0.115. The average Bonchev–Trinajstić information content (AvgIpc) is 2.96. The van der Waals surface area contributed by atoms with Crippen LogP contribution in [0.4, 0.5) is 5.69 Å². The Morgan fingerprint density at radius 3 is 2.68 bits per heavy atom. The molecule has 1 fully saturated rings. The number of thioether (sulfide) groups is 1. The summed E-state index contributed by atoms with van der Waals surface area (Å²) in [5.41, 5.74) is 2.81. The van der Waals surface area contributed by atoms with Crippen LogP contribution in [-0.4, -0.2) is 23.3 Å². The molecule has 0 aliphatic carbocycles. The summed E-state index contributed by atoms with van der Waals surface area (Å²) in [6, 6.07) is 12.9. The smallest absolute Gasteiger partial charge is 0.264 e. The summed E-state index contributed by atoms with van der Waals surface area (Å²) in [6.07, 6.45) is 2.72. The number of nitrogens with zero attached hydrogens (tertiary/aromatic N) is 1. The molecule has 0 aromatic heterocycles. The number of aliphatic imine (C=N–C) groups is 1. The van der Waals surface area contributed by atoms with Crippen LogP contribution in [0.1, 0.15) is 18.1 Å². The summed E-state index contributed by atoms with van der Waals surface area (Å²) in [5.74, 6) is 0.231. The SMILES string of the molecule is CCc1ccc(N=C2NC(=O)/C(=C/c3ccc(O)c(OC)c3)S2)cc1. The lowest BCUT2D eigenvalue weighted by atomic mass is 10.2. The number of ether oxygens (including phenoxy) is 1. The van der Waals surface area contributed by atoms with Crippen molar-refractivity contribution in [2.45, 2.75) is 13.3 Å². The average molecular weight is 354 g/mol. The van der Waals surface area contributed by atoms with Gasteiger partial charge in [-0.15, -0.1) is 0 Å². The number of rotatable bonds is 4. The standard InChI is InChI=1S/C19H18N2O3S/c1-3-12-4-7-14(8-5-12)20-19-21-18(23)17(25-19)11-13-6-9-15(22)16(10-13)24-2/h4-11,22H,3H2,1-2H3,(H,20,21,23)/b17-11-. The molecule has 25 heavy (non-hydrogen) atoms. The number of hydrogen-bond donors (Lipinski definition) is 2. The van der Waals surface area contributed by atoms with Crippen molar-refractivity contribution in [1.29, 1.82) is 0 Å². The molecule has 1 heterocycles. The molecule has 1 aliphatic heterocycles. The highest BCUT2D eigenvalue weighted by Crippen LogP contribution is 2.31. The van der Waals surface area contributed by atoms with E-state index in [0.717, 1.165) is 17.7 Å². The molecule has 128 valence electrons. The molecule has 0 radical (unpaired) electrons. The number of amidine groups is 1. The van der Waals surface area contributed by atoms with Crippen LogP contribution in [-0.2, 0) is 11.2 Å². The molecular formula is C19H18N2O3S. The van der Waals surface area contributed by atoms with Crippen molar-refractivity contribution in [2.24, 2.45) is 4.99 Å². The fourth-order valence-corrected chi connectivity index (χ4v) is 3.18. The molecule has 0 atom stereocenters. The third-order valence-electron chi connectivity index (χ3n) is 3.73. The minimum atomic E-state index is -0.194. The monoisotopic (exact) mass is 354 g/mol. The lowest BCUT2D eigenvalue weighted by Crippen LogP contribution is -2.19. The Balaban J connectivity index is 1.80. The Morgan fingerprint density at radius 2 is 2.00 bits per heavy atom. The number of methoxy groups -OCH3 is 1. The molecule has 2 aromatic rings. The number of nitrogens with one attached hydrogen (secondary N) is 1. The molecule has 1 amide bonds. The van der Waals surface area contributed by atoms with Gasteiger partial charge in [0.25, 0.3) is 5.91 Å². The highest BCUT2D eigenvalue weighted by atomic mass is 32.2. The van der Waals surface area contributed by atoms with Gasteiger partial charge in [-0.2, -0.15) is 0 Å². The fraction of sp³-hybridized carbons (Fsp3) is 0.158. The quantitative estimate of drug-likeness (QED) is 0.818. The molecule has 1 saturated heterocycles. The van der Waals surface area contributed by atoms with E-state index < -0.39 is 0 Å². The first-order valence-corrected chi connectivity index (χ1v) is 8.66. The van der Waals surface area contributed by atoms with Crippen molar-refractivity contribution < 1.29 is 14.6 Å². The van der Waals surface area contributed by atoms with Gasteiger partial charge in [0.1, 0.15) is 0 Å². The van der Waals surface area contributed by atoms with Crippen molar-refractivity contribution in [3.63, 3.8) is 0 Å². The van der Waals surface area contributed by atoms with E-state index in [-0.39, 0.29) is 11.7 Å². The molecular weight excluding hydrogens is 336 g/mol. The molecule has 2 N–H and O–H groups in total. The first-order valence-electron chi connectivity index (χ1n) is 7.84. The van der Waals surface area contributed by atoms with Crippen LogP contribution in [0.25, 0.3) is 6.08 Å². The zero-order valence-corrected chi connectivity index (χ0v) is 14.8. The van der Waals surface area contributed by atoms with Crippen LogP contribution in [0, 0.1) is 0 Å². The number of carbonyl (C=O) groups is 1. The Hall–Kier alpha value is -2.73. The van der Waals surface area contributed by atoms with Gasteiger partial charge in [0.2, 0.25) is 0 Å². The predicted molar refractivity (Wildman–Crippen MR) is 101 cm³/mol. The molecule has 6 heteroatoms. The second-order valence-electron chi connectivity index (χ2n) is 5.43. The Labute approximate surface area is 150 Å².